The number of sulfone groups is 1. The molecule has 0 aromatic heterocycles. The number of fused-ring (bicyclic) bond motifs is 1. The highest BCUT2D eigenvalue weighted by molar-refractivity contribution is 7.97. The van der Waals surface area contributed by atoms with Crippen molar-refractivity contribution in [3.8, 4) is 0 Å². The van der Waals surface area contributed by atoms with Crippen LogP contribution in [0.1, 0.15) is 0 Å². The standard InChI is InChI=1S/C9H8O3S/c1-6-9(10)7-4-2-3-5-8(7)13(6,11)12/h2-5,7-8H,1H2. The minimum Gasteiger partial charge on any atom is -0.293 e. The maximum absolute atomic E-state index is 11.5. The lowest BCUT2D eigenvalue weighted by atomic mass is 9.96. The summed E-state index contributed by atoms with van der Waals surface area (Å²) >= 11 is 0. The van der Waals surface area contributed by atoms with E-state index in [4.69, 9.17) is 0 Å². The number of Topliss-reactive ketones (excluding diaryl/α,β-unsaturated/α-hetero) is 1. The second-order valence-electron chi connectivity index (χ2n) is 3.09. The number of carbonyl (C=O) groups excluding carboxylic acids is 1. The predicted octanol–water partition coefficient (Wildman–Crippen LogP) is 0.608. The van der Waals surface area contributed by atoms with E-state index in [1.54, 1.807) is 18.2 Å². The van der Waals surface area contributed by atoms with Gasteiger partial charge in [-0.3, -0.25) is 4.79 Å². The number of hydrogen-bond donors (Lipinski definition) is 0. The Balaban J connectivity index is 2.62. The largest absolute Gasteiger partial charge is 0.293 e. The lowest BCUT2D eigenvalue weighted by Crippen LogP contribution is -2.21. The normalized spacial score (nSPS) is 35.1. The van der Waals surface area contributed by atoms with Gasteiger partial charge in [0, 0.05) is 0 Å². The highest BCUT2D eigenvalue weighted by Gasteiger charge is 2.47. The summed E-state index contributed by atoms with van der Waals surface area (Å²) in [5.74, 6) is -0.909. The maximum atomic E-state index is 11.5. The fourth-order valence-electron chi connectivity index (χ4n) is 1.61. The van der Waals surface area contributed by atoms with Gasteiger partial charge in [0.1, 0.15) is 4.91 Å². The molecular weight excluding hydrogens is 188 g/mol. The number of rotatable bonds is 0. The average Bonchev–Trinajstić information content (AvgIpc) is 2.30. The van der Waals surface area contributed by atoms with Crippen molar-refractivity contribution in [1.29, 1.82) is 0 Å². The van der Waals surface area contributed by atoms with Crippen molar-refractivity contribution in [2.24, 2.45) is 5.92 Å². The third-order valence-electron chi connectivity index (χ3n) is 2.36. The smallest absolute Gasteiger partial charge is 0.188 e. The molecule has 0 bridgehead atoms. The fourth-order valence-corrected chi connectivity index (χ4v) is 3.25. The van der Waals surface area contributed by atoms with Crippen molar-refractivity contribution in [2.45, 2.75) is 5.25 Å². The molecule has 0 aromatic carbocycles. The van der Waals surface area contributed by atoms with Crippen LogP contribution in [0, 0.1) is 5.92 Å². The SMILES string of the molecule is C=C1C(=O)C2C=CC=CC2S1(=O)=O. The van der Waals surface area contributed by atoms with Gasteiger partial charge in [-0.15, -0.1) is 0 Å². The molecule has 2 atom stereocenters. The maximum Gasteiger partial charge on any atom is 0.188 e. The summed E-state index contributed by atoms with van der Waals surface area (Å²) in [7, 11) is -3.46. The lowest BCUT2D eigenvalue weighted by molar-refractivity contribution is -0.116. The summed E-state index contributed by atoms with van der Waals surface area (Å²) in [6.45, 7) is 3.31. The molecule has 68 valence electrons. The van der Waals surface area contributed by atoms with Crippen LogP contribution in [0.15, 0.2) is 35.8 Å². The molecule has 1 fully saturated rings. The zero-order chi connectivity index (χ0) is 9.64. The molecule has 13 heavy (non-hydrogen) atoms. The minimum atomic E-state index is -3.46. The number of ketones is 1. The van der Waals surface area contributed by atoms with Crippen LogP contribution in [0.2, 0.25) is 0 Å². The molecule has 1 heterocycles. The van der Waals surface area contributed by atoms with Crippen molar-refractivity contribution in [1.82, 2.24) is 0 Å². The zero-order valence-corrected chi connectivity index (χ0v) is 7.62. The van der Waals surface area contributed by atoms with Crippen LogP contribution in [0.5, 0.6) is 0 Å². The molecule has 1 aliphatic heterocycles. The average molecular weight is 196 g/mol. The van der Waals surface area contributed by atoms with E-state index in [1.807, 2.05) is 0 Å². The Kier molecular flexibility index (Phi) is 1.57. The Morgan fingerprint density at radius 1 is 1.23 bits per heavy atom. The van der Waals surface area contributed by atoms with E-state index >= 15 is 0 Å². The Bertz CT molecular complexity index is 439. The minimum absolute atomic E-state index is 0.251. The molecule has 0 N–H and O–H groups in total. The van der Waals surface area contributed by atoms with Crippen LogP contribution < -0.4 is 0 Å². The summed E-state index contributed by atoms with van der Waals surface area (Å²) in [4.78, 5) is 11.1. The van der Waals surface area contributed by atoms with Gasteiger partial charge in [0.2, 0.25) is 0 Å². The van der Waals surface area contributed by atoms with Crippen molar-refractivity contribution >= 4 is 15.6 Å². The fraction of sp³-hybridized carbons (Fsp3) is 0.222. The highest BCUT2D eigenvalue weighted by atomic mass is 32.2. The van der Waals surface area contributed by atoms with E-state index in [0.717, 1.165) is 0 Å². The Labute approximate surface area is 76.4 Å². The first-order chi connectivity index (χ1) is 6.05. The van der Waals surface area contributed by atoms with E-state index in [0.29, 0.717) is 0 Å². The summed E-state index contributed by atoms with van der Waals surface area (Å²) < 4.78 is 23.1. The first-order valence-electron chi connectivity index (χ1n) is 3.87. The first kappa shape index (κ1) is 8.44. The molecular formula is C9H8O3S. The van der Waals surface area contributed by atoms with E-state index in [2.05, 4.69) is 6.58 Å². The molecule has 0 aromatic rings. The molecule has 3 nitrogen and oxygen atoms in total. The van der Waals surface area contributed by atoms with Gasteiger partial charge in [-0.2, -0.15) is 0 Å². The van der Waals surface area contributed by atoms with Gasteiger partial charge in [-0.1, -0.05) is 30.9 Å². The highest BCUT2D eigenvalue weighted by Crippen LogP contribution is 2.35. The number of allylic oxidation sites excluding steroid dienone is 4. The first-order valence-corrected chi connectivity index (χ1v) is 5.42. The second kappa shape index (κ2) is 2.42. The van der Waals surface area contributed by atoms with E-state index < -0.39 is 21.0 Å². The van der Waals surface area contributed by atoms with Crippen LogP contribution in [-0.4, -0.2) is 19.5 Å². The molecule has 0 amide bonds. The van der Waals surface area contributed by atoms with Gasteiger partial charge < -0.3 is 0 Å². The van der Waals surface area contributed by atoms with Gasteiger partial charge in [-0.05, 0) is 0 Å². The van der Waals surface area contributed by atoms with Gasteiger partial charge in [0.25, 0.3) is 0 Å². The predicted molar refractivity (Wildman–Crippen MR) is 48.6 cm³/mol. The second-order valence-corrected chi connectivity index (χ2v) is 5.22. The van der Waals surface area contributed by atoms with E-state index in [9.17, 15) is 13.2 Å². The molecule has 0 saturated carbocycles. The van der Waals surface area contributed by atoms with Crippen molar-refractivity contribution in [3.63, 3.8) is 0 Å². The topological polar surface area (TPSA) is 51.2 Å². The number of hydrogen-bond acceptors (Lipinski definition) is 3. The summed E-state index contributed by atoms with van der Waals surface area (Å²) in [5.41, 5.74) is 0. The Morgan fingerprint density at radius 2 is 1.85 bits per heavy atom. The van der Waals surface area contributed by atoms with E-state index in [-0.39, 0.29) is 10.7 Å². The third kappa shape index (κ3) is 0.951. The molecule has 2 aliphatic rings. The summed E-state index contributed by atoms with van der Waals surface area (Å²) in [5, 5.41) is -0.711. The van der Waals surface area contributed by atoms with Crippen LogP contribution in [0.25, 0.3) is 0 Å². The third-order valence-corrected chi connectivity index (χ3v) is 4.42. The number of carbonyl (C=O) groups is 1. The molecule has 1 aliphatic carbocycles. The monoisotopic (exact) mass is 196 g/mol. The van der Waals surface area contributed by atoms with Crippen molar-refractivity contribution in [2.75, 3.05) is 0 Å². The van der Waals surface area contributed by atoms with Gasteiger partial charge in [-0.25, -0.2) is 8.42 Å². The van der Waals surface area contributed by atoms with E-state index in [1.165, 1.54) is 6.08 Å². The van der Waals surface area contributed by atoms with Crippen molar-refractivity contribution < 1.29 is 13.2 Å². The van der Waals surface area contributed by atoms with Crippen LogP contribution >= 0.6 is 0 Å². The van der Waals surface area contributed by atoms with Gasteiger partial charge >= 0.3 is 0 Å². The summed E-state index contributed by atoms with van der Waals surface area (Å²) in [6, 6.07) is 0. The molecule has 0 radical (unpaired) electrons. The molecule has 0 spiro atoms. The molecule has 4 heteroatoms. The Hall–Kier alpha value is -1.16. The van der Waals surface area contributed by atoms with Crippen LogP contribution in [-0.2, 0) is 14.6 Å². The lowest BCUT2D eigenvalue weighted by Gasteiger charge is -2.10. The quantitative estimate of drug-likeness (QED) is 0.533. The van der Waals surface area contributed by atoms with Gasteiger partial charge in [0.15, 0.2) is 15.6 Å². The van der Waals surface area contributed by atoms with Crippen LogP contribution in [0.4, 0.5) is 0 Å². The Morgan fingerprint density at radius 3 is 2.46 bits per heavy atom. The molecule has 2 unspecified atom stereocenters. The molecule has 2 rings (SSSR count). The van der Waals surface area contributed by atoms with Crippen LogP contribution in [0.3, 0.4) is 0 Å². The van der Waals surface area contributed by atoms with Gasteiger partial charge in [0.05, 0.1) is 11.2 Å². The molecule has 1 saturated heterocycles. The van der Waals surface area contributed by atoms with Crippen molar-refractivity contribution in [3.05, 3.63) is 35.8 Å². The summed E-state index contributed by atoms with van der Waals surface area (Å²) in [6.07, 6.45) is 6.48. The zero-order valence-electron chi connectivity index (χ0n) is 6.80.